The van der Waals surface area contributed by atoms with Crippen LogP contribution in [0.4, 0.5) is 5.69 Å². The number of hydrogen-bond donors (Lipinski definition) is 2. The Morgan fingerprint density at radius 3 is 2.27 bits per heavy atom. The fourth-order valence-corrected chi connectivity index (χ4v) is 10.5. The van der Waals surface area contributed by atoms with E-state index in [0.29, 0.717) is 18.9 Å². The fourth-order valence-electron chi connectivity index (χ4n) is 6.03. The molecular weight excluding hydrogens is 524 g/mol. The first-order valence-corrected chi connectivity index (χ1v) is 16.0. The molecule has 0 amide bonds. The highest BCUT2D eigenvalue weighted by molar-refractivity contribution is 6.99. The molecular formula is C34H36N4O2Si. The number of hydrogen-bond acceptors (Lipinski definition) is 5. The maximum Gasteiger partial charge on any atom is 0.261 e. The lowest BCUT2D eigenvalue weighted by atomic mass is 10.0. The minimum Gasteiger partial charge on any atom is -0.403 e. The fraction of sp³-hybridized carbons (Fsp3) is 0.235. The van der Waals surface area contributed by atoms with E-state index in [9.17, 15) is 0 Å². The van der Waals surface area contributed by atoms with Gasteiger partial charge in [0.25, 0.3) is 8.32 Å². The van der Waals surface area contributed by atoms with E-state index in [1.165, 1.54) is 15.9 Å². The molecule has 1 aliphatic rings. The van der Waals surface area contributed by atoms with Gasteiger partial charge >= 0.3 is 0 Å². The van der Waals surface area contributed by atoms with Crippen LogP contribution in [0.5, 0.6) is 0 Å². The van der Waals surface area contributed by atoms with Crippen LogP contribution < -0.4 is 16.1 Å². The monoisotopic (exact) mass is 560 g/mol. The van der Waals surface area contributed by atoms with Gasteiger partial charge in [0.15, 0.2) is 0 Å². The van der Waals surface area contributed by atoms with E-state index in [-0.39, 0.29) is 5.04 Å². The van der Waals surface area contributed by atoms with E-state index in [4.69, 9.17) is 19.9 Å². The number of aromatic nitrogens is 3. The summed E-state index contributed by atoms with van der Waals surface area (Å²) in [5.41, 5.74) is 13.2. The summed E-state index contributed by atoms with van der Waals surface area (Å²) in [6, 6.07) is 29.5. The molecule has 41 heavy (non-hydrogen) atoms. The van der Waals surface area contributed by atoms with Gasteiger partial charge in [0.2, 0.25) is 0 Å². The Kier molecular flexibility index (Phi) is 7.34. The zero-order chi connectivity index (χ0) is 28.5. The number of nitrogens with zero attached hydrogens (tertiary/aromatic N) is 2. The van der Waals surface area contributed by atoms with Crippen molar-refractivity contribution in [2.75, 3.05) is 18.9 Å². The van der Waals surface area contributed by atoms with E-state index in [1.807, 2.05) is 12.1 Å². The molecule has 0 atom stereocenters. The van der Waals surface area contributed by atoms with Crippen molar-refractivity contribution in [3.63, 3.8) is 0 Å². The van der Waals surface area contributed by atoms with Crippen LogP contribution in [0, 0.1) is 0 Å². The predicted octanol–water partition coefficient (Wildman–Crippen LogP) is 6.09. The van der Waals surface area contributed by atoms with Gasteiger partial charge in [0.1, 0.15) is 12.0 Å². The van der Waals surface area contributed by atoms with Crippen LogP contribution in [0.15, 0.2) is 97.3 Å². The highest BCUT2D eigenvalue weighted by atomic mass is 28.4. The summed E-state index contributed by atoms with van der Waals surface area (Å²) in [5, 5.41) is 3.29. The number of ether oxygens (including phenoxy) is 1. The maximum atomic E-state index is 7.29. The number of nitrogens with one attached hydrogen (secondary N) is 1. The highest BCUT2D eigenvalue weighted by Gasteiger charge is 2.50. The molecule has 0 saturated carbocycles. The van der Waals surface area contributed by atoms with Gasteiger partial charge in [-0.05, 0) is 39.5 Å². The van der Waals surface area contributed by atoms with Crippen LogP contribution in [0.3, 0.4) is 0 Å². The number of H-pyrrole nitrogens is 1. The van der Waals surface area contributed by atoms with Crippen molar-refractivity contribution in [1.29, 1.82) is 0 Å². The van der Waals surface area contributed by atoms with Crippen molar-refractivity contribution in [2.24, 2.45) is 0 Å². The van der Waals surface area contributed by atoms with E-state index in [0.717, 1.165) is 46.6 Å². The van der Waals surface area contributed by atoms with Gasteiger partial charge in [-0.25, -0.2) is 9.97 Å². The Hall–Kier alpha value is -4.04. The van der Waals surface area contributed by atoms with Gasteiger partial charge in [0, 0.05) is 27.9 Å². The van der Waals surface area contributed by atoms with Crippen LogP contribution >= 0.6 is 0 Å². The van der Waals surface area contributed by atoms with Crippen molar-refractivity contribution >= 4 is 41.0 Å². The van der Waals surface area contributed by atoms with E-state index >= 15 is 0 Å². The summed E-state index contributed by atoms with van der Waals surface area (Å²) in [6.07, 6.45) is 4.61. The second kappa shape index (κ2) is 11.1. The van der Waals surface area contributed by atoms with Crippen molar-refractivity contribution in [3.05, 3.63) is 109 Å². The molecule has 0 aliphatic carbocycles. The topological polar surface area (TPSA) is 86.0 Å². The largest absolute Gasteiger partial charge is 0.403 e. The molecule has 6 nitrogen and oxygen atoms in total. The minimum atomic E-state index is -2.76. The SMILES string of the molecule is CC(C)(C)[Si](OCc1c(N)cccc1-c1ncnc2[nH]c(C3=CCOCC3)cc12)(c1ccccc1)c1ccccc1. The summed E-state index contributed by atoms with van der Waals surface area (Å²) in [6.45, 7) is 8.57. The Bertz CT molecular complexity index is 1650. The Labute approximate surface area is 242 Å². The quantitative estimate of drug-likeness (QED) is 0.186. The number of aromatic amines is 1. The zero-order valence-electron chi connectivity index (χ0n) is 23.9. The molecule has 3 N–H and O–H groups in total. The summed E-state index contributed by atoms with van der Waals surface area (Å²) in [5.74, 6) is 0. The first kappa shape index (κ1) is 27.1. The summed E-state index contributed by atoms with van der Waals surface area (Å²) in [7, 11) is -2.76. The van der Waals surface area contributed by atoms with Crippen molar-refractivity contribution in [3.8, 4) is 11.3 Å². The predicted molar refractivity (Wildman–Crippen MR) is 170 cm³/mol. The lowest BCUT2D eigenvalue weighted by Crippen LogP contribution is -2.66. The average molecular weight is 561 g/mol. The van der Waals surface area contributed by atoms with Crippen molar-refractivity contribution in [1.82, 2.24) is 15.0 Å². The molecule has 0 unspecified atom stereocenters. The smallest absolute Gasteiger partial charge is 0.261 e. The molecule has 1 aliphatic heterocycles. The standard InChI is InChI=1S/C34H36N4O2Si/c1-34(2,3)41(25-11-6-4-7-12-25,26-13-8-5-9-14-26)40-22-29-27(15-10-16-30(29)35)32-28-21-31(24-17-19-39-20-18-24)38-33(28)37-23-36-32/h4-17,21,23H,18-20,22,35H2,1-3H3,(H,36,37,38). The van der Waals surface area contributed by atoms with Gasteiger partial charge < -0.3 is 19.9 Å². The molecule has 0 bridgehead atoms. The van der Waals surface area contributed by atoms with Gasteiger partial charge in [-0.1, -0.05) is 99.6 Å². The summed E-state index contributed by atoms with van der Waals surface area (Å²) < 4.78 is 12.8. The third kappa shape index (κ3) is 5.01. The molecule has 3 heterocycles. The molecule has 0 saturated heterocycles. The Morgan fingerprint density at radius 1 is 0.927 bits per heavy atom. The second-order valence-corrected chi connectivity index (χ2v) is 15.9. The molecule has 0 spiro atoms. The molecule has 0 fully saturated rings. The first-order valence-electron chi connectivity index (χ1n) is 14.1. The van der Waals surface area contributed by atoms with E-state index in [2.05, 4.69) is 110 Å². The Balaban J connectivity index is 1.46. The molecule has 7 heteroatoms. The van der Waals surface area contributed by atoms with Gasteiger partial charge in [-0.3, -0.25) is 0 Å². The molecule has 0 radical (unpaired) electrons. The normalized spacial score (nSPS) is 14.3. The van der Waals surface area contributed by atoms with Crippen LogP contribution in [0.25, 0.3) is 27.9 Å². The molecule has 2 aromatic heterocycles. The molecule has 208 valence electrons. The lowest BCUT2D eigenvalue weighted by molar-refractivity contribution is 0.161. The molecule has 6 rings (SSSR count). The summed E-state index contributed by atoms with van der Waals surface area (Å²) >= 11 is 0. The number of nitrogen functional groups attached to an aromatic ring is 1. The second-order valence-electron chi connectivity index (χ2n) is 11.5. The van der Waals surface area contributed by atoms with E-state index in [1.54, 1.807) is 6.33 Å². The van der Waals surface area contributed by atoms with Crippen LogP contribution in [-0.2, 0) is 15.8 Å². The third-order valence-electron chi connectivity index (χ3n) is 8.05. The van der Waals surface area contributed by atoms with Gasteiger partial charge in [0.05, 0.1) is 25.5 Å². The van der Waals surface area contributed by atoms with Crippen LogP contribution in [0.1, 0.15) is 38.4 Å². The maximum absolute atomic E-state index is 7.29. The first-order chi connectivity index (χ1) is 19.9. The summed E-state index contributed by atoms with van der Waals surface area (Å²) in [4.78, 5) is 12.8. The average Bonchev–Trinajstić information content (AvgIpc) is 3.44. The van der Waals surface area contributed by atoms with Gasteiger partial charge in [-0.15, -0.1) is 0 Å². The Morgan fingerprint density at radius 2 is 1.63 bits per heavy atom. The van der Waals surface area contributed by atoms with Crippen molar-refractivity contribution in [2.45, 2.75) is 38.8 Å². The third-order valence-corrected chi connectivity index (χ3v) is 13.0. The molecule has 5 aromatic rings. The minimum absolute atomic E-state index is 0.144. The lowest BCUT2D eigenvalue weighted by Gasteiger charge is -2.43. The number of rotatable bonds is 7. The number of anilines is 1. The number of benzene rings is 3. The number of nitrogens with two attached hydrogens (primary N) is 1. The van der Waals surface area contributed by atoms with E-state index < -0.39 is 8.32 Å². The van der Waals surface area contributed by atoms with Gasteiger partial charge in [-0.2, -0.15) is 0 Å². The van der Waals surface area contributed by atoms with Crippen LogP contribution in [0.2, 0.25) is 5.04 Å². The molecule has 3 aromatic carbocycles. The number of fused-ring (bicyclic) bond motifs is 1. The zero-order valence-corrected chi connectivity index (χ0v) is 24.9. The highest BCUT2D eigenvalue weighted by Crippen LogP contribution is 2.39. The van der Waals surface area contributed by atoms with Crippen LogP contribution in [-0.4, -0.2) is 36.5 Å². The van der Waals surface area contributed by atoms with Crippen molar-refractivity contribution < 1.29 is 9.16 Å².